The molecule has 2 amide bonds. The number of nitro groups is 1. The van der Waals surface area contributed by atoms with E-state index in [1.165, 1.54) is 33.4 Å². The highest BCUT2D eigenvalue weighted by molar-refractivity contribution is 6.08. The molecule has 0 aliphatic carbocycles. The Labute approximate surface area is 166 Å². The van der Waals surface area contributed by atoms with E-state index in [0.29, 0.717) is 11.3 Å². The lowest BCUT2D eigenvalue weighted by Crippen LogP contribution is -2.19. The van der Waals surface area contributed by atoms with Crippen molar-refractivity contribution in [2.75, 3.05) is 39.8 Å². The van der Waals surface area contributed by atoms with Crippen LogP contribution in [-0.4, -0.2) is 51.2 Å². The van der Waals surface area contributed by atoms with Crippen molar-refractivity contribution in [1.29, 1.82) is 0 Å². The van der Waals surface area contributed by atoms with Crippen LogP contribution in [0.1, 0.15) is 20.7 Å². The summed E-state index contributed by atoms with van der Waals surface area (Å²) in [5.74, 6) is -0.774. The average molecular weight is 403 g/mol. The van der Waals surface area contributed by atoms with Crippen molar-refractivity contribution < 1.29 is 28.7 Å². The largest absolute Gasteiger partial charge is 0.493 e. The summed E-state index contributed by atoms with van der Waals surface area (Å²) in [6.07, 6.45) is 0. The van der Waals surface area contributed by atoms with Gasteiger partial charge in [-0.3, -0.25) is 19.7 Å². The van der Waals surface area contributed by atoms with E-state index in [0.717, 1.165) is 6.07 Å². The van der Waals surface area contributed by atoms with Gasteiger partial charge in [0.15, 0.2) is 11.5 Å². The Kier molecular flexibility index (Phi) is 7.49. The summed E-state index contributed by atoms with van der Waals surface area (Å²) >= 11 is 0. The van der Waals surface area contributed by atoms with Gasteiger partial charge < -0.3 is 24.8 Å². The van der Waals surface area contributed by atoms with E-state index in [1.807, 2.05) is 0 Å². The molecule has 10 nitrogen and oxygen atoms in total. The lowest BCUT2D eigenvalue weighted by Gasteiger charge is -2.13. The molecular formula is C19H21N3O7. The van der Waals surface area contributed by atoms with Crippen LogP contribution in [0.15, 0.2) is 36.4 Å². The summed E-state index contributed by atoms with van der Waals surface area (Å²) in [6, 6.07) is 8.55. The van der Waals surface area contributed by atoms with Gasteiger partial charge >= 0.3 is 0 Å². The highest BCUT2D eigenvalue weighted by atomic mass is 16.6. The SMILES string of the molecule is CNC(=O)c1cccc(NC(=O)c2cc(OC)c(OCCOC)cc2[N+](=O)[O-])c1. The molecule has 0 heterocycles. The van der Waals surface area contributed by atoms with Crippen LogP contribution in [0.25, 0.3) is 0 Å². The Bertz CT molecular complexity index is 915. The van der Waals surface area contributed by atoms with Crippen LogP contribution in [0, 0.1) is 10.1 Å². The standard InChI is InChI=1S/C19H21N3O7/c1-20-18(23)12-5-4-6-13(9-12)21-19(24)14-10-16(28-3)17(29-8-7-27-2)11-15(14)22(25)26/h4-6,9-11H,7-8H2,1-3H3,(H,20,23)(H,21,24). The van der Waals surface area contributed by atoms with Gasteiger partial charge in [-0.1, -0.05) is 6.07 Å². The number of nitrogens with zero attached hydrogens (tertiary/aromatic N) is 1. The van der Waals surface area contributed by atoms with Gasteiger partial charge in [-0.05, 0) is 18.2 Å². The minimum Gasteiger partial charge on any atom is -0.493 e. The zero-order valence-corrected chi connectivity index (χ0v) is 16.2. The highest BCUT2D eigenvalue weighted by Crippen LogP contribution is 2.35. The zero-order valence-electron chi connectivity index (χ0n) is 16.2. The third-order valence-electron chi connectivity index (χ3n) is 3.88. The van der Waals surface area contributed by atoms with Crippen molar-refractivity contribution in [3.05, 3.63) is 57.6 Å². The summed E-state index contributed by atoms with van der Waals surface area (Å²) in [5, 5.41) is 16.5. The first-order valence-electron chi connectivity index (χ1n) is 8.53. The molecule has 2 aromatic rings. The van der Waals surface area contributed by atoms with Crippen molar-refractivity contribution in [2.24, 2.45) is 0 Å². The van der Waals surface area contributed by atoms with Gasteiger partial charge in [0.1, 0.15) is 12.2 Å². The van der Waals surface area contributed by atoms with Gasteiger partial charge in [-0.25, -0.2) is 0 Å². The zero-order chi connectivity index (χ0) is 21.4. The van der Waals surface area contributed by atoms with Crippen molar-refractivity contribution in [3.63, 3.8) is 0 Å². The topological polar surface area (TPSA) is 129 Å². The normalized spacial score (nSPS) is 10.2. The number of methoxy groups -OCH3 is 2. The fourth-order valence-electron chi connectivity index (χ4n) is 2.47. The molecule has 0 saturated heterocycles. The number of hydrogen-bond acceptors (Lipinski definition) is 7. The summed E-state index contributed by atoms with van der Waals surface area (Å²) < 4.78 is 15.5. The van der Waals surface area contributed by atoms with Gasteiger partial charge in [0.05, 0.1) is 24.7 Å². The van der Waals surface area contributed by atoms with Crippen molar-refractivity contribution in [2.45, 2.75) is 0 Å². The Balaban J connectivity index is 2.35. The maximum Gasteiger partial charge on any atom is 0.286 e. The van der Waals surface area contributed by atoms with Crippen LogP contribution >= 0.6 is 0 Å². The number of benzene rings is 2. The number of rotatable bonds is 9. The van der Waals surface area contributed by atoms with Crippen LogP contribution in [-0.2, 0) is 4.74 Å². The number of nitrogens with one attached hydrogen (secondary N) is 2. The molecule has 0 fully saturated rings. The molecule has 0 aliphatic rings. The highest BCUT2D eigenvalue weighted by Gasteiger charge is 2.25. The first-order chi connectivity index (χ1) is 13.9. The smallest absolute Gasteiger partial charge is 0.286 e. The Morgan fingerprint density at radius 2 is 1.83 bits per heavy atom. The van der Waals surface area contributed by atoms with Crippen molar-refractivity contribution >= 4 is 23.2 Å². The Hall–Kier alpha value is -3.66. The fourth-order valence-corrected chi connectivity index (χ4v) is 2.47. The third kappa shape index (κ3) is 5.42. The maximum atomic E-state index is 12.7. The van der Waals surface area contributed by atoms with E-state index >= 15 is 0 Å². The first kappa shape index (κ1) is 21.6. The van der Waals surface area contributed by atoms with Crippen LogP contribution < -0.4 is 20.1 Å². The number of carbonyl (C=O) groups excluding carboxylic acids is 2. The number of nitro benzene ring substituents is 1. The second-order valence-electron chi connectivity index (χ2n) is 5.73. The van der Waals surface area contributed by atoms with E-state index < -0.39 is 16.5 Å². The molecule has 0 spiro atoms. The van der Waals surface area contributed by atoms with Crippen LogP contribution in [0.4, 0.5) is 11.4 Å². The minimum atomic E-state index is -0.729. The number of carbonyl (C=O) groups is 2. The van der Waals surface area contributed by atoms with Crippen LogP contribution in [0.5, 0.6) is 11.5 Å². The Morgan fingerprint density at radius 1 is 1.07 bits per heavy atom. The Morgan fingerprint density at radius 3 is 2.45 bits per heavy atom. The van der Waals surface area contributed by atoms with E-state index in [-0.39, 0.29) is 36.2 Å². The van der Waals surface area contributed by atoms with Gasteiger partial charge in [-0.15, -0.1) is 0 Å². The van der Waals surface area contributed by atoms with Gasteiger partial charge in [0.2, 0.25) is 0 Å². The molecule has 0 radical (unpaired) electrons. The minimum absolute atomic E-state index is 0.120. The fraction of sp³-hybridized carbons (Fsp3) is 0.263. The van der Waals surface area contributed by atoms with Crippen molar-refractivity contribution in [1.82, 2.24) is 5.32 Å². The molecular weight excluding hydrogens is 382 g/mol. The molecule has 0 aliphatic heterocycles. The van der Waals surface area contributed by atoms with E-state index in [1.54, 1.807) is 18.2 Å². The second kappa shape index (κ2) is 10.0. The summed E-state index contributed by atoms with van der Waals surface area (Å²) in [5.41, 5.74) is -0.0153. The van der Waals surface area contributed by atoms with Crippen LogP contribution in [0.2, 0.25) is 0 Å². The summed E-state index contributed by atoms with van der Waals surface area (Å²) in [4.78, 5) is 35.3. The van der Waals surface area contributed by atoms with E-state index in [9.17, 15) is 19.7 Å². The van der Waals surface area contributed by atoms with Gasteiger partial charge in [0.25, 0.3) is 17.5 Å². The predicted octanol–water partition coefficient (Wildman–Crippen LogP) is 2.24. The lowest BCUT2D eigenvalue weighted by molar-refractivity contribution is -0.385. The van der Waals surface area contributed by atoms with Gasteiger partial charge in [-0.2, -0.15) is 0 Å². The molecule has 10 heteroatoms. The average Bonchev–Trinajstić information content (AvgIpc) is 2.72. The number of ether oxygens (including phenoxy) is 3. The molecule has 2 aromatic carbocycles. The van der Waals surface area contributed by atoms with E-state index in [4.69, 9.17) is 14.2 Å². The molecule has 0 aromatic heterocycles. The number of hydrogen-bond donors (Lipinski definition) is 2. The molecule has 2 rings (SSSR count). The number of anilines is 1. The molecule has 0 unspecified atom stereocenters. The lowest BCUT2D eigenvalue weighted by atomic mass is 10.1. The molecule has 29 heavy (non-hydrogen) atoms. The monoisotopic (exact) mass is 403 g/mol. The van der Waals surface area contributed by atoms with Crippen molar-refractivity contribution in [3.8, 4) is 11.5 Å². The molecule has 0 atom stereocenters. The maximum absolute atomic E-state index is 12.7. The first-order valence-corrected chi connectivity index (χ1v) is 8.53. The van der Waals surface area contributed by atoms with E-state index in [2.05, 4.69) is 10.6 Å². The molecule has 0 saturated carbocycles. The molecule has 154 valence electrons. The predicted molar refractivity (Wildman–Crippen MR) is 105 cm³/mol. The van der Waals surface area contributed by atoms with Crippen LogP contribution in [0.3, 0.4) is 0 Å². The molecule has 2 N–H and O–H groups in total. The molecule has 0 bridgehead atoms. The quantitative estimate of drug-likeness (QED) is 0.373. The number of amides is 2. The summed E-state index contributed by atoms with van der Waals surface area (Å²) in [7, 11) is 4.34. The summed E-state index contributed by atoms with van der Waals surface area (Å²) in [6.45, 7) is 0.433. The van der Waals surface area contributed by atoms with Gasteiger partial charge in [0, 0.05) is 31.5 Å². The second-order valence-corrected chi connectivity index (χ2v) is 5.73. The third-order valence-corrected chi connectivity index (χ3v) is 3.88.